The number of carbonyl (C=O) groups excluding carboxylic acids is 1. The van der Waals surface area contributed by atoms with E-state index in [2.05, 4.69) is 10.9 Å². The molecular formula is C5H10N3O. The first-order valence-corrected chi connectivity index (χ1v) is 3.02. The highest BCUT2D eigenvalue weighted by Crippen LogP contribution is 1.99. The lowest BCUT2D eigenvalue weighted by Gasteiger charge is -2.18. The Bertz CT molecular complexity index is 109. The number of nitrogens with zero attached hydrogens (tertiary/aromatic N) is 1. The molecule has 1 amide bonds. The summed E-state index contributed by atoms with van der Waals surface area (Å²) in [4.78, 5) is 10.5. The highest BCUT2D eigenvalue weighted by Gasteiger charge is 2.17. The Hall–Kier alpha value is -0.610. The molecule has 1 fully saturated rings. The summed E-state index contributed by atoms with van der Waals surface area (Å²) in [6, 6.07) is -0.223. The van der Waals surface area contributed by atoms with E-state index >= 15 is 0 Å². The molecule has 51 valence electrons. The van der Waals surface area contributed by atoms with Crippen LogP contribution in [0.3, 0.4) is 0 Å². The van der Waals surface area contributed by atoms with Crippen molar-refractivity contribution in [3.63, 3.8) is 0 Å². The maximum atomic E-state index is 10.5. The molecule has 1 unspecified atom stereocenters. The Morgan fingerprint density at radius 2 is 2.56 bits per heavy atom. The van der Waals surface area contributed by atoms with Crippen LogP contribution in [-0.4, -0.2) is 18.5 Å². The summed E-state index contributed by atoms with van der Waals surface area (Å²) in [5, 5.41) is 0. The molecule has 1 atom stereocenters. The monoisotopic (exact) mass is 128 g/mol. The molecule has 1 saturated heterocycles. The van der Waals surface area contributed by atoms with Crippen molar-refractivity contribution in [3.05, 3.63) is 0 Å². The molecule has 4 heteroatoms. The normalized spacial score (nSPS) is 27.8. The van der Waals surface area contributed by atoms with E-state index < -0.39 is 0 Å². The predicted molar refractivity (Wildman–Crippen MR) is 32.4 cm³/mol. The number of hydrogen-bond acceptors (Lipinski definition) is 2. The molecule has 1 aliphatic rings. The van der Waals surface area contributed by atoms with E-state index in [-0.39, 0.29) is 11.9 Å². The van der Waals surface area contributed by atoms with Gasteiger partial charge in [-0.25, -0.2) is 5.43 Å². The number of hydrogen-bond donors (Lipinski definition) is 2. The van der Waals surface area contributed by atoms with Gasteiger partial charge in [-0.2, -0.15) is 5.43 Å². The molecule has 1 rings (SSSR count). The quantitative estimate of drug-likeness (QED) is 0.463. The highest BCUT2D eigenvalue weighted by atomic mass is 16.1. The van der Waals surface area contributed by atoms with Crippen LogP contribution < -0.4 is 16.6 Å². The fourth-order valence-electron chi connectivity index (χ4n) is 0.820. The Labute approximate surface area is 53.8 Å². The van der Waals surface area contributed by atoms with Crippen LogP contribution in [0.4, 0.5) is 0 Å². The third-order valence-electron chi connectivity index (χ3n) is 1.35. The fourth-order valence-corrected chi connectivity index (χ4v) is 0.820. The van der Waals surface area contributed by atoms with E-state index in [9.17, 15) is 4.79 Å². The van der Waals surface area contributed by atoms with Crippen LogP contribution in [0.1, 0.15) is 12.8 Å². The third kappa shape index (κ3) is 1.65. The minimum absolute atomic E-state index is 0.223. The molecule has 3 N–H and O–H groups in total. The predicted octanol–water partition coefficient (Wildman–Crippen LogP) is -1.26. The molecule has 1 aliphatic heterocycles. The second-order valence-electron chi connectivity index (χ2n) is 2.11. The Morgan fingerprint density at radius 3 is 2.89 bits per heavy atom. The molecule has 0 aliphatic carbocycles. The lowest BCUT2D eigenvalue weighted by Crippen LogP contribution is -2.48. The minimum Gasteiger partial charge on any atom is -0.368 e. The van der Waals surface area contributed by atoms with Gasteiger partial charge in [0.15, 0.2) is 0 Å². The Kier molecular flexibility index (Phi) is 2.02. The van der Waals surface area contributed by atoms with E-state index in [1.165, 1.54) is 0 Å². The van der Waals surface area contributed by atoms with Crippen molar-refractivity contribution in [2.75, 3.05) is 6.54 Å². The van der Waals surface area contributed by atoms with Crippen molar-refractivity contribution in [1.29, 1.82) is 0 Å². The van der Waals surface area contributed by atoms with Crippen LogP contribution in [0.2, 0.25) is 0 Å². The average Bonchev–Trinajstić information content (AvgIpc) is 1.90. The zero-order chi connectivity index (χ0) is 6.69. The molecule has 4 nitrogen and oxygen atoms in total. The molecule has 0 aromatic rings. The van der Waals surface area contributed by atoms with Crippen molar-refractivity contribution >= 4 is 5.91 Å². The van der Waals surface area contributed by atoms with E-state index in [1.807, 2.05) is 0 Å². The first-order valence-electron chi connectivity index (χ1n) is 3.02. The van der Waals surface area contributed by atoms with Gasteiger partial charge in [0.25, 0.3) is 0 Å². The largest absolute Gasteiger partial charge is 0.368 e. The third-order valence-corrected chi connectivity index (χ3v) is 1.35. The van der Waals surface area contributed by atoms with Crippen molar-refractivity contribution in [3.8, 4) is 0 Å². The van der Waals surface area contributed by atoms with Gasteiger partial charge in [0, 0.05) is 6.54 Å². The SMILES string of the molecule is NC(=O)C1CCC[N]N1. The minimum atomic E-state index is -0.307. The molecule has 1 heterocycles. The van der Waals surface area contributed by atoms with E-state index in [4.69, 9.17) is 5.73 Å². The van der Waals surface area contributed by atoms with Crippen LogP contribution in [-0.2, 0) is 4.79 Å². The van der Waals surface area contributed by atoms with Crippen molar-refractivity contribution in [2.45, 2.75) is 18.9 Å². The Balaban J connectivity index is 2.31. The average molecular weight is 128 g/mol. The molecule has 9 heavy (non-hydrogen) atoms. The van der Waals surface area contributed by atoms with Gasteiger partial charge in [-0.1, -0.05) is 0 Å². The van der Waals surface area contributed by atoms with Gasteiger partial charge in [0.05, 0.1) is 0 Å². The smallest absolute Gasteiger partial charge is 0.235 e. The summed E-state index contributed by atoms with van der Waals surface area (Å²) in [6.07, 6.45) is 1.78. The van der Waals surface area contributed by atoms with Crippen molar-refractivity contribution < 1.29 is 4.79 Å². The Morgan fingerprint density at radius 1 is 1.78 bits per heavy atom. The maximum absolute atomic E-state index is 10.5. The molecule has 0 aromatic heterocycles. The van der Waals surface area contributed by atoms with Crippen LogP contribution in [0, 0.1) is 0 Å². The first-order chi connectivity index (χ1) is 4.30. The van der Waals surface area contributed by atoms with E-state index in [0.29, 0.717) is 0 Å². The lowest BCUT2D eigenvalue weighted by atomic mass is 10.1. The van der Waals surface area contributed by atoms with Gasteiger partial charge in [-0.3, -0.25) is 4.79 Å². The van der Waals surface area contributed by atoms with Gasteiger partial charge in [0.2, 0.25) is 5.91 Å². The number of nitrogens with one attached hydrogen (secondary N) is 1. The summed E-state index contributed by atoms with van der Waals surface area (Å²) >= 11 is 0. The number of primary amides is 1. The fraction of sp³-hybridized carbons (Fsp3) is 0.800. The molecule has 0 spiro atoms. The second kappa shape index (κ2) is 2.80. The van der Waals surface area contributed by atoms with E-state index in [1.54, 1.807) is 0 Å². The molecule has 1 radical (unpaired) electrons. The summed E-state index contributed by atoms with van der Waals surface area (Å²) in [5.41, 5.74) is 11.5. The maximum Gasteiger partial charge on any atom is 0.235 e. The van der Waals surface area contributed by atoms with Crippen LogP contribution in [0.5, 0.6) is 0 Å². The standard InChI is InChI=1S/C5H10N3O/c6-5(9)4-2-1-3-7-8-4/h4,8H,1-3H2,(H2,6,9). The van der Waals surface area contributed by atoms with Gasteiger partial charge in [-0.05, 0) is 12.8 Å². The van der Waals surface area contributed by atoms with E-state index in [0.717, 1.165) is 19.4 Å². The van der Waals surface area contributed by atoms with Crippen LogP contribution in [0.15, 0.2) is 0 Å². The molecule has 0 aromatic carbocycles. The molecule has 0 saturated carbocycles. The molecular weight excluding hydrogens is 118 g/mol. The number of nitrogens with two attached hydrogens (primary N) is 1. The number of amides is 1. The first kappa shape index (κ1) is 6.51. The van der Waals surface area contributed by atoms with Gasteiger partial charge >= 0.3 is 0 Å². The van der Waals surface area contributed by atoms with Crippen molar-refractivity contribution in [1.82, 2.24) is 10.9 Å². The zero-order valence-electron chi connectivity index (χ0n) is 5.13. The second-order valence-corrected chi connectivity index (χ2v) is 2.11. The van der Waals surface area contributed by atoms with Crippen molar-refractivity contribution in [2.24, 2.45) is 5.73 Å². The summed E-state index contributed by atoms with van der Waals surface area (Å²) in [7, 11) is 0. The zero-order valence-corrected chi connectivity index (χ0v) is 5.13. The summed E-state index contributed by atoms with van der Waals surface area (Å²) in [6.45, 7) is 0.795. The molecule has 0 bridgehead atoms. The number of rotatable bonds is 1. The highest BCUT2D eigenvalue weighted by molar-refractivity contribution is 5.79. The van der Waals surface area contributed by atoms with Crippen LogP contribution >= 0.6 is 0 Å². The summed E-state index contributed by atoms with van der Waals surface area (Å²) in [5.74, 6) is -0.307. The lowest BCUT2D eigenvalue weighted by molar-refractivity contribution is -0.120. The van der Waals surface area contributed by atoms with Gasteiger partial charge in [-0.15, -0.1) is 0 Å². The van der Waals surface area contributed by atoms with Gasteiger partial charge in [0.1, 0.15) is 6.04 Å². The van der Waals surface area contributed by atoms with Crippen LogP contribution in [0.25, 0.3) is 0 Å². The summed E-state index contributed by atoms with van der Waals surface area (Å²) < 4.78 is 0. The van der Waals surface area contributed by atoms with Gasteiger partial charge < -0.3 is 5.73 Å². The number of carbonyl (C=O) groups is 1. The topological polar surface area (TPSA) is 69.2 Å².